The quantitative estimate of drug-likeness (QED) is 0.847. The number of benzene rings is 1. The van der Waals surface area contributed by atoms with Gasteiger partial charge >= 0.3 is 0 Å². The first-order valence-corrected chi connectivity index (χ1v) is 6.49. The fraction of sp³-hybridized carbons (Fsp3) is 0.500. The van der Waals surface area contributed by atoms with Crippen LogP contribution in [0.2, 0.25) is 0 Å². The fourth-order valence-electron chi connectivity index (χ4n) is 2.72. The van der Waals surface area contributed by atoms with E-state index in [0.717, 1.165) is 30.9 Å². The SMILES string of the molecule is CC1CN(C(=O)C2COc3ccccc32)CCN1.Cl. The van der Waals surface area contributed by atoms with Gasteiger partial charge in [0.25, 0.3) is 0 Å². The van der Waals surface area contributed by atoms with E-state index in [4.69, 9.17) is 4.74 Å². The highest BCUT2D eigenvalue weighted by Gasteiger charge is 2.34. The summed E-state index contributed by atoms with van der Waals surface area (Å²) in [6.07, 6.45) is 0. The van der Waals surface area contributed by atoms with Crippen LogP contribution < -0.4 is 10.1 Å². The lowest BCUT2D eigenvalue weighted by Gasteiger charge is -2.33. The standard InChI is InChI=1S/C14H18N2O2.ClH/c1-10-8-16(7-6-15-10)14(17)12-9-18-13-5-3-2-4-11(12)13;/h2-5,10,12,15H,6-9H2,1H3;1H. The monoisotopic (exact) mass is 282 g/mol. The van der Waals surface area contributed by atoms with E-state index in [1.807, 2.05) is 29.2 Å². The van der Waals surface area contributed by atoms with Crippen molar-refractivity contribution in [1.82, 2.24) is 10.2 Å². The summed E-state index contributed by atoms with van der Waals surface area (Å²) >= 11 is 0. The number of rotatable bonds is 1. The van der Waals surface area contributed by atoms with Crippen molar-refractivity contribution in [2.75, 3.05) is 26.2 Å². The summed E-state index contributed by atoms with van der Waals surface area (Å²) in [5, 5.41) is 3.35. The second-order valence-electron chi connectivity index (χ2n) is 5.04. The Labute approximate surface area is 119 Å². The van der Waals surface area contributed by atoms with Crippen molar-refractivity contribution < 1.29 is 9.53 Å². The summed E-state index contributed by atoms with van der Waals surface area (Å²) in [6, 6.07) is 8.21. The van der Waals surface area contributed by atoms with Crippen LogP contribution in [-0.4, -0.2) is 43.1 Å². The fourth-order valence-corrected chi connectivity index (χ4v) is 2.72. The van der Waals surface area contributed by atoms with Gasteiger partial charge in [0.15, 0.2) is 0 Å². The first-order chi connectivity index (χ1) is 8.75. The van der Waals surface area contributed by atoms with Crippen molar-refractivity contribution in [1.29, 1.82) is 0 Å². The number of hydrogen-bond donors (Lipinski definition) is 1. The highest BCUT2D eigenvalue weighted by molar-refractivity contribution is 5.86. The minimum Gasteiger partial charge on any atom is -0.492 e. The van der Waals surface area contributed by atoms with E-state index in [1.165, 1.54) is 0 Å². The Morgan fingerprint density at radius 2 is 2.21 bits per heavy atom. The van der Waals surface area contributed by atoms with Crippen molar-refractivity contribution >= 4 is 18.3 Å². The molecule has 2 aliphatic rings. The number of piperazine rings is 1. The van der Waals surface area contributed by atoms with Crippen LogP contribution in [0.1, 0.15) is 18.4 Å². The maximum absolute atomic E-state index is 12.5. The number of carbonyl (C=O) groups is 1. The van der Waals surface area contributed by atoms with E-state index in [9.17, 15) is 4.79 Å². The Bertz CT molecular complexity index is 467. The predicted molar refractivity (Wildman–Crippen MR) is 76.0 cm³/mol. The summed E-state index contributed by atoms with van der Waals surface area (Å²) < 4.78 is 5.59. The van der Waals surface area contributed by atoms with E-state index in [0.29, 0.717) is 12.6 Å². The van der Waals surface area contributed by atoms with E-state index in [1.54, 1.807) is 0 Å². The zero-order chi connectivity index (χ0) is 12.5. The van der Waals surface area contributed by atoms with Gasteiger partial charge in [0, 0.05) is 31.2 Å². The molecule has 5 heteroatoms. The molecular weight excluding hydrogens is 264 g/mol. The predicted octanol–water partition coefficient (Wildman–Crippen LogP) is 1.40. The minimum atomic E-state index is -0.119. The number of para-hydroxylation sites is 1. The molecule has 3 rings (SSSR count). The number of halogens is 1. The molecule has 0 aromatic heterocycles. The van der Waals surface area contributed by atoms with Crippen LogP contribution in [0.15, 0.2) is 24.3 Å². The molecule has 1 N–H and O–H groups in total. The average Bonchev–Trinajstić information content (AvgIpc) is 2.82. The molecule has 1 aromatic rings. The molecule has 1 fully saturated rings. The van der Waals surface area contributed by atoms with Gasteiger partial charge in [0.2, 0.25) is 5.91 Å². The third-order valence-corrected chi connectivity index (χ3v) is 3.68. The van der Waals surface area contributed by atoms with Gasteiger partial charge in [-0.25, -0.2) is 0 Å². The molecule has 0 saturated carbocycles. The largest absolute Gasteiger partial charge is 0.492 e. The number of nitrogens with one attached hydrogen (secondary N) is 1. The molecule has 1 saturated heterocycles. The van der Waals surface area contributed by atoms with Crippen molar-refractivity contribution in [3.8, 4) is 5.75 Å². The van der Waals surface area contributed by atoms with E-state index >= 15 is 0 Å². The molecule has 2 atom stereocenters. The van der Waals surface area contributed by atoms with Gasteiger partial charge in [-0.05, 0) is 13.0 Å². The smallest absolute Gasteiger partial charge is 0.233 e. The molecule has 0 aliphatic carbocycles. The van der Waals surface area contributed by atoms with Gasteiger partial charge in [0.1, 0.15) is 18.3 Å². The molecule has 104 valence electrons. The van der Waals surface area contributed by atoms with Gasteiger partial charge in [-0.15, -0.1) is 12.4 Å². The maximum Gasteiger partial charge on any atom is 0.233 e. The van der Waals surface area contributed by atoms with Gasteiger partial charge < -0.3 is 15.0 Å². The van der Waals surface area contributed by atoms with Crippen LogP contribution in [0.5, 0.6) is 5.75 Å². The van der Waals surface area contributed by atoms with Crippen molar-refractivity contribution in [3.05, 3.63) is 29.8 Å². The molecule has 19 heavy (non-hydrogen) atoms. The zero-order valence-electron chi connectivity index (χ0n) is 11.0. The Hall–Kier alpha value is -1.26. The summed E-state index contributed by atoms with van der Waals surface area (Å²) in [5.74, 6) is 0.943. The second-order valence-corrected chi connectivity index (χ2v) is 5.04. The number of carbonyl (C=O) groups excluding carboxylic acids is 1. The average molecular weight is 283 g/mol. The summed E-state index contributed by atoms with van der Waals surface area (Å²) in [5.41, 5.74) is 1.04. The summed E-state index contributed by atoms with van der Waals surface area (Å²) in [4.78, 5) is 14.5. The maximum atomic E-state index is 12.5. The topological polar surface area (TPSA) is 41.6 Å². The van der Waals surface area contributed by atoms with Gasteiger partial charge in [-0.3, -0.25) is 4.79 Å². The first kappa shape index (κ1) is 14.2. The molecule has 1 amide bonds. The lowest BCUT2D eigenvalue weighted by Crippen LogP contribution is -2.52. The van der Waals surface area contributed by atoms with Crippen LogP contribution >= 0.6 is 12.4 Å². The number of fused-ring (bicyclic) bond motifs is 1. The lowest BCUT2D eigenvalue weighted by molar-refractivity contribution is -0.134. The number of hydrogen-bond acceptors (Lipinski definition) is 3. The Morgan fingerprint density at radius 1 is 1.42 bits per heavy atom. The van der Waals surface area contributed by atoms with Crippen molar-refractivity contribution in [3.63, 3.8) is 0 Å². The molecule has 2 unspecified atom stereocenters. The normalized spacial score (nSPS) is 25.2. The zero-order valence-corrected chi connectivity index (χ0v) is 11.8. The summed E-state index contributed by atoms with van der Waals surface area (Å²) in [6.45, 7) is 5.05. The number of ether oxygens (including phenoxy) is 1. The van der Waals surface area contributed by atoms with Crippen LogP contribution in [-0.2, 0) is 4.79 Å². The van der Waals surface area contributed by atoms with Crippen LogP contribution in [0, 0.1) is 0 Å². The van der Waals surface area contributed by atoms with Crippen molar-refractivity contribution in [2.45, 2.75) is 18.9 Å². The minimum absolute atomic E-state index is 0. The molecule has 4 nitrogen and oxygen atoms in total. The molecule has 0 bridgehead atoms. The number of amides is 1. The molecule has 0 radical (unpaired) electrons. The van der Waals surface area contributed by atoms with E-state index < -0.39 is 0 Å². The second kappa shape index (κ2) is 5.80. The highest BCUT2D eigenvalue weighted by atomic mass is 35.5. The number of nitrogens with zero attached hydrogens (tertiary/aromatic N) is 1. The first-order valence-electron chi connectivity index (χ1n) is 6.49. The van der Waals surface area contributed by atoms with Gasteiger partial charge in [-0.1, -0.05) is 18.2 Å². The Morgan fingerprint density at radius 3 is 3.00 bits per heavy atom. The summed E-state index contributed by atoms with van der Waals surface area (Å²) in [7, 11) is 0. The van der Waals surface area contributed by atoms with Crippen LogP contribution in [0.25, 0.3) is 0 Å². The Kier molecular flexibility index (Phi) is 4.32. The van der Waals surface area contributed by atoms with Crippen LogP contribution in [0.4, 0.5) is 0 Å². The van der Waals surface area contributed by atoms with E-state index in [-0.39, 0.29) is 24.2 Å². The molecule has 2 heterocycles. The molecule has 2 aliphatic heterocycles. The molecule has 1 aromatic carbocycles. The highest BCUT2D eigenvalue weighted by Crippen LogP contribution is 2.34. The van der Waals surface area contributed by atoms with Crippen LogP contribution in [0.3, 0.4) is 0 Å². The molecule has 0 spiro atoms. The third-order valence-electron chi connectivity index (χ3n) is 3.68. The van der Waals surface area contributed by atoms with Gasteiger partial charge in [0.05, 0.1) is 0 Å². The van der Waals surface area contributed by atoms with E-state index in [2.05, 4.69) is 12.2 Å². The Balaban J connectivity index is 0.00000133. The van der Waals surface area contributed by atoms with Gasteiger partial charge in [-0.2, -0.15) is 0 Å². The molecular formula is C14H19ClN2O2. The third kappa shape index (κ3) is 2.69. The lowest BCUT2D eigenvalue weighted by atomic mass is 9.99. The van der Waals surface area contributed by atoms with Crippen molar-refractivity contribution in [2.24, 2.45) is 0 Å².